The van der Waals surface area contributed by atoms with Crippen LogP contribution in [-0.2, 0) is 6.42 Å². The van der Waals surface area contributed by atoms with E-state index in [0.717, 1.165) is 15.6 Å². The van der Waals surface area contributed by atoms with Gasteiger partial charge in [0.05, 0.1) is 0 Å². The van der Waals surface area contributed by atoms with Crippen molar-refractivity contribution in [3.8, 4) is 0 Å². The highest BCUT2D eigenvalue weighted by atomic mass is 79.9. The van der Waals surface area contributed by atoms with Gasteiger partial charge in [0, 0.05) is 28.9 Å². The van der Waals surface area contributed by atoms with Crippen molar-refractivity contribution in [2.24, 2.45) is 0 Å². The van der Waals surface area contributed by atoms with Gasteiger partial charge >= 0.3 is 0 Å². The van der Waals surface area contributed by atoms with Crippen LogP contribution in [0.5, 0.6) is 0 Å². The molecule has 2 nitrogen and oxygen atoms in total. The minimum absolute atomic E-state index is 0.0731. The molecule has 100 valence electrons. The van der Waals surface area contributed by atoms with E-state index in [0.29, 0.717) is 0 Å². The predicted octanol–water partition coefficient (Wildman–Crippen LogP) is 4.41. The third-order valence-electron chi connectivity index (χ3n) is 2.83. The quantitative estimate of drug-likeness (QED) is 0.819. The Morgan fingerprint density at radius 2 is 1.74 bits per heavy atom. The first kappa shape index (κ1) is 13.8. The van der Waals surface area contributed by atoms with E-state index in [2.05, 4.69) is 26.1 Å². The molecule has 1 aromatic carbocycles. The minimum atomic E-state index is -0.529. The molecule has 0 aliphatic carbocycles. The van der Waals surface area contributed by atoms with Gasteiger partial charge in [0.15, 0.2) is 0 Å². The van der Waals surface area contributed by atoms with Crippen molar-refractivity contribution in [3.05, 3.63) is 69.5 Å². The van der Waals surface area contributed by atoms with E-state index in [-0.39, 0.29) is 12.0 Å². The molecule has 2 rings (SSSR count). The highest BCUT2D eigenvalue weighted by Gasteiger charge is 2.10. The number of hydrogen-bond acceptors (Lipinski definition) is 0. The summed E-state index contributed by atoms with van der Waals surface area (Å²) < 4.78 is 28.1. The molecule has 0 radical (unpaired) electrons. The van der Waals surface area contributed by atoms with Gasteiger partial charge in [-0.1, -0.05) is 6.07 Å². The maximum absolute atomic E-state index is 13.6. The zero-order valence-corrected chi connectivity index (χ0v) is 11.9. The summed E-state index contributed by atoms with van der Waals surface area (Å²) in [5.74, 6) is -1.06. The molecule has 1 heterocycles. The normalized spacial score (nSPS) is 10.3. The van der Waals surface area contributed by atoms with Crippen molar-refractivity contribution in [1.29, 1.82) is 0 Å². The fourth-order valence-electron chi connectivity index (χ4n) is 1.78. The van der Waals surface area contributed by atoms with Gasteiger partial charge in [0.1, 0.15) is 11.6 Å². The number of nitrogens with one attached hydrogen (secondary N) is 2. The third kappa shape index (κ3) is 3.44. The molecule has 0 spiro atoms. The number of benzene rings is 1. The van der Waals surface area contributed by atoms with Gasteiger partial charge in [0.25, 0.3) is 0 Å². The SMILES string of the molecule is Cc1cc(Br)c[nH][nH]cc1Cc1c(F)cccc1F. The Balaban J connectivity index is 2.47. The summed E-state index contributed by atoms with van der Waals surface area (Å²) in [4.78, 5) is 0. The van der Waals surface area contributed by atoms with E-state index in [4.69, 9.17) is 0 Å². The molecule has 19 heavy (non-hydrogen) atoms. The van der Waals surface area contributed by atoms with E-state index in [1.807, 2.05) is 13.0 Å². The molecule has 0 amide bonds. The largest absolute Gasteiger partial charge is 0.308 e. The van der Waals surface area contributed by atoms with Gasteiger partial charge in [-0.15, -0.1) is 0 Å². The van der Waals surface area contributed by atoms with Crippen LogP contribution in [0.4, 0.5) is 8.78 Å². The second kappa shape index (κ2) is 6.02. The van der Waals surface area contributed by atoms with Crippen LogP contribution in [0, 0.1) is 18.6 Å². The minimum Gasteiger partial charge on any atom is -0.308 e. The lowest BCUT2D eigenvalue weighted by Gasteiger charge is -2.07. The van der Waals surface area contributed by atoms with E-state index in [1.54, 1.807) is 12.4 Å². The van der Waals surface area contributed by atoms with Gasteiger partial charge in [-0.05, 0) is 52.2 Å². The van der Waals surface area contributed by atoms with Crippen molar-refractivity contribution >= 4 is 15.9 Å². The Labute approximate surface area is 118 Å². The fraction of sp³-hybridized carbons (Fsp3) is 0.143. The number of hydrogen-bond donors (Lipinski definition) is 2. The number of H-pyrrole nitrogens is 2. The molecule has 0 fully saturated rings. The molecule has 2 N–H and O–H groups in total. The summed E-state index contributed by atoms with van der Waals surface area (Å²) in [7, 11) is 0. The van der Waals surface area contributed by atoms with Crippen LogP contribution in [0.2, 0.25) is 0 Å². The predicted molar refractivity (Wildman–Crippen MR) is 74.4 cm³/mol. The third-order valence-corrected chi connectivity index (χ3v) is 3.29. The zero-order chi connectivity index (χ0) is 13.8. The number of rotatable bonds is 2. The van der Waals surface area contributed by atoms with Crippen LogP contribution in [0.3, 0.4) is 0 Å². The van der Waals surface area contributed by atoms with Crippen LogP contribution < -0.4 is 0 Å². The van der Waals surface area contributed by atoms with Gasteiger partial charge in [0.2, 0.25) is 0 Å². The maximum atomic E-state index is 13.6. The molecule has 5 heteroatoms. The van der Waals surface area contributed by atoms with E-state index in [1.165, 1.54) is 18.2 Å². The lowest BCUT2D eigenvalue weighted by atomic mass is 10.0. The van der Waals surface area contributed by atoms with Crippen LogP contribution in [0.25, 0.3) is 0 Å². The molecular formula is C14H13BrF2N2. The Bertz CT molecular complexity index is 610. The summed E-state index contributed by atoms with van der Waals surface area (Å²) in [6.07, 6.45) is 3.63. The van der Waals surface area contributed by atoms with Crippen LogP contribution in [-0.4, -0.2) is 10.2 Å². The summed E-state index contributed by atoms with van der Waals surface area (Å²) >= 11 is 3.36. The highest BCUT2D eigenvalue weighted by molar-refractivity contribution is 9.10. The van der Waals surface area contributed by atoms with E-state index >= 15 is 0 Å². The number of halogens is 3. The topological polar surface area (TPSA) is 31.6 Å². The Morgan fingerprint density at radius 3 is 2.42 bits per heavy atom. The maximum Gasteiger partial charge on any atom is 0.129 e. The van der Waals surface area contributed by atoms with Crippen molar-refractivity contribution in [1.82, 2.24) is 10.2 Å². The molecule has 0 aliphatic rings. The standard InChI is InChI=1S/C14H13BrF2N2/c1-9-5-11(15)8-19-18-7-10(9)6-12-13(16)3-2-4-14(12)17/h2-5,7-8,18-19H,6H2,1H3. The Kier molecular flexibility index (Phi) is 4.37. The van der Waals surface area contributed by atoms with Gasteiger partial charge in [-0.2, -0.15) is 0 Å². The second-order valence-corrected chi connectivity index (χ2v) is 5.11. The Hall–Kier alpha value is -1.62. The lowest BCUT2D eigenvalue weighted by molar-refractivity contribution is 0.561. The monoisotopic (exact) mass is 326 g/mol. The Morgan fingerprint density at radius 1 is 1.11 bits per heavy atom. The first-order chi connectivity index (χ1) is 9.08. The van der Waals surface area contributed by atoms with Gasteiger partial charge < -0.3 is 10.2 Å². The van der Waals surface area contributed by atoms with Crippen LogP contribution in [0.15, 0.2) is 41.1 Å². The van der Waals surface area contributed by atoms with Crippen LogP contribution in [0.1, 0.15) is 16.7 Å². The van der Waals surface area contributed by atoms with E-state index < -0.39 is 11.6 Å². The number of aromatic nitrogens is 2. The van der Waals surface area contributed by atoms with E-state index in [9.17, 15) is 8.78 Å². The van der Waals surface area contributed by atoms with Gasteiger partial charge in [-0.3, -0.25) is 0 Å². The number of aryl methyl sites for hydroxylation is 1. The second-order valence-electron chi connectivity index (χ2n) is 4.19. The summed E-state index contributed by atoms with van der Waals surface area (Å²) in [5.41, 5.74) is 1.81. The summed E-state index contributed by atoms with van der Waals surface area (Å²) in [6.45, 7) is 1.90. The molecule has 0 bridgehead atoms. The van der Waals surface area contributed by atoms with Gasteiger partial charge in [-0.25, -0.2) is 8.78 Å². The molecule has 0 saturated heterocycles. The van der Waals surface area contributed by atoms with Crippen molar-refractivity contribution < 1.29 is 8.78 Å². The molecule has 0 saturated carbocycles. The zero-order valence-electron chi connectivity index (χ0n) is 10.3. The fourth-order valence-corrected chi connectivity index (χ4v) is 2.23. The van der Waals surface area contributed by atoms with Crippen molar-refractivity contribution in [3.63, 3.8) is 0 Å². The lowest BCUT2D eigenvalue weighted by Crippen LogP contribution is -1.99. The molecule has 0 aliphatic heterocycles. The molecule has 2 aromatic rings. The smallest absolute Gasteiger partial charge is 0.129 e. The molecule has 0 atom stereocenters. The average Bonchev–Trinajstić information content (AvgIpc) is 2.34. The van der Waals surface area contributed by atoms with Crippen molar-refractivity contribution in [2.75, 3.05) is 0 Å². The molecule has 0 unspecified atom stereocenters. The number of aromatic amines is 2. The molecule has 1 aromatic heterocycles. The summed E-state index contributed by atoms with van der Waals surface area (Å²) in [5, 5.41) is 5.69. The first-order valence-electron chi connectivity index (χ1n) is 5.75. The molecular weight excluding hydrogens is 314 g/mol. The highest BCUT2D eigenvalue weighted by Crippen LogP contribution is 2.19. The van der Waals surface area contributed by atoms with Crippen LogP contribution >= 0.6 is 15.9 Å². The average molecular weight is 327 g/mol. The van der Waals surface area contributed by atoms with Crippen molar-refractivity contribution in [2.45, 2.75) is 13.3 Å². The first-order valence-corrected chi connectivity index (χ1v) is 6.54. The summed E-state index contributed by atoms with van der Waals surface area (Å²) in [6, 6.07) is 5.78.